The van der Waals surface area contributed by atoms with Crippen LogP contribution in [0.25, 0.3) is 0 Å². The third-order valence-electron chi connectivity index (χ3n) is 4.52. The molecule has 1 aromatic heterocycles. The Labute approximate surface area is 165 Å². The van der Waals surface area contributed by atoms with Crippen molar-refractivity contribution in [3.63, 3.8) is 0 Å². The van der Waals surface area contributed by atoms with Gasteiger partial charge in [0, 0.05) is 38.9 Å². The number of hydrogen-bond donors (Lipinski definition) is 1. The van der Waals surface area contributed by atoms with Gasteiger partial charge in [-0.2, -0.15) is 13.2 Å². The number of amides is 1. The van der Waals surface area contributed by atoms with Crippen LogP contribution in [-0.4, -0.2) is 78.2 Å². The number of piperidine rings is 1. The number of alkyl halides is 3. The number of aromatic nitrogens is 1. The summed E-state index contributed by atoms with van der Waals surface area (Å²) in [5.41, 5.74) is 0. The first-order chi connectivity index (χ1) is 13.7. The van der Waals surface area contributed by atoms with Gasteiger partial charge in [0.25, 0.3) is 0 Å². The predicted octanol–water partition coefficient (Wildman–Crippen LogP) is 1.89. The zero-order valence-corrected chi connectivity index (χ0v) is 15.8. The van der Waals surface area contributed by atoms with E-state index < -0.39 is 12.1 Å². The van der Waals surface area contributed by atoms with Crippen LogP contribution in [0.5, 0.6) is 5.88 Å². The summed E-state index contributed by atoms with van der Waals surface area (Å²) in [5.74, 6) is -2.01. The van der Waals surface area contributed by atoms with Crippen LogP contribution in [0.3, 0.4) is 0 Å². The van der Waals surface area contributed by atoms with E-state index in [1.807, 2.05) is 23.1 Å². The van der Waals surface area contributed by atoms with Gasteiger partial charge >= 0.3 is 12.1 Å². The van der Waals surface area contributed by atoms with Gasteiger partial charge in [0.15, 0.2) is 0 Å². The Morgan fingerprint density at radius 1 is 1.34 bits per heavy atom. The molecule has 8 nitrogen and oxygen atoms in total. The minimum atomic E-state index is -5.08. The maximum Gasteiger partial charge on any atom is 0.490 e. The van der Waals surface area contributed by atoms with Crippen LogP contribution in [0.2, 0.25) is 0 Å². The van der Waals surface area contributed by atoms with Crippen molar-refractivity contribution in [2.24, 2.45) is 0 Å². The average Bonchev–Trinajstić information content (AvgIpc) is 3.17. The third kappa shape index (κ3) is 6.57. The van der Waals surface area contributed by atoms with Crippen molar-refractivity contribution in [1.29, 1.82) is 0 Å². The Hall–Kier alpha value is -2.40. The number of halogens is 3. The summed E-state index contributed by atoms with van der Waals surface area (Å²) in [6.07, 6.45) is -1.43. The van der Waals surface area contributed by atoms with Crippen LogP contribution in [-0.2, 0) is 19.1 Å². The lowest BCUT2D eigenvalue weighted by atomic mass is 9.95. The average molecular weight is 420 g/mol. The fraction of sp³-hybridized carbons (Fsp3) is 0.611. The number of hydrogen-bond acceptors (Lipinski definition) is 6. The predicted molar refractivity (Wildman–Crippen MR) is 93.3 cm³/mol. The van der Waals surface area contributed by atoms with Crippen molar-refractivity contribution in [1.82, 2.24) is 9.88 Å². The molecule has 0 radical (unpaired) electrons. The molecule has 0 aliphatic carbocycles. The molecule has 0 aromatic carbocycles. The maximum atomic E-state index is 12.3. The molecule has 3 atom stereocenters. The quantitative estimate of drug-likeness (QED) is 0.777. The van der Waals surface area contributed by atoms with Crippen molar-refractivity contribution in [2.45, 2.75) is 43.7 Å². The lowest BCUT2D eigenvalue weighted by molar-refractivity contribution is -0.192. The summed E-state index contributed by atoms with van der Waals surface area (Å²) >= 11 is 0. The van der Waals surface area contributed by atoms with Gasteiger partial charge < -0.3 is 24.2 Å². The minimum Gasteiger partial charge on any atom is -0.475 e. The van der Waals surface area contributed by atoms with Crippen molar-refractivity contribution in [2.75, 3.05) is 26.9 Å². The number of methoxy groups -OCH3 is 1. The van der Waals surface area contributed by atoms with E-state index in [1.165, 1.54) is 0 Å². The molecule has 1 N–H and O–H groups in total. The van der Waals surface area contributed by atoms with Gasteiger partial charge in [-0.15, -0.1) is 0 Å². The van der Waals surface area contributed by atoms with Gasteiger partial charge in [0.2, 0.25) is 11.8 Å². The second-order valence-electron chi connectivity index (χ2n) is 6.44. The number of ether oxygens (including phenoxy) is 3. The molecule has 3 heterocycles. The molecule has 0 spiro atoms. The van der Waals surface area contributed by atoms with Crippen molar-refractivity contribution in [3.05, 3.63) is 24.4 Å². The largest absolute Gasteiger partial charge is 0.490 e. The monoisotopic (exact) mass is 420 g/mol. The number of nitrogens with zero attached hydrogens (tertiary/aromatic N) is 2. The van der Waals surface area contributed by atoms with Crippen LogP contribution in [0.1, 0.15) is 19.3 Å². The van der Waals surface area contributed by atoms with Crippen molar-refractivity contribution in [3.8, 4) is 5.88 Å². The number of carbonyl (C=O) groups excluding carboxylic acids is 1. The van der Waals surface area contributed by atoms with Gasteiger partial charge in [-0.1, -0.05) is 6.07 Å². The van der Waals surface area contributed by atoms with Crippen LogP contribution >= 0.6 is 0 Å². The van der Waals surface area contributed by atoms with Gasteiger partial charge in [-0.05, 0) is 12.5 Å². The molecule has 0 unspecified atom stereocenters. The number of pyridine rings is 1. The van der Waals surface area contributed by atoms with E-state index in [0.717, 1.165) is 12.8 Å². The third-order valence-corrected chi connectivity index (χ3v) is 4.52. The number of carboxylic acids is 1. The first-order valence-electron chi connectivity index (χ1n) is 9.02. The Morgan fingerprint density at radius 2 is 2.07 bits per heavy atom. The lowest BCUT2D eigenvalue weighted by Gasteiger charge is -2.40. The maximum absolute atomic E-state index is 12.3. The fourth-order valence-corrected chi connectivity index (χ4v) is 3.23. The highest BCUT2D eigenvalue weighted by atomic mass is 19.4. The van der Waals surface area contributed by atoms with Crippen LogP contribution in [0.15, 0.2) is 24.4 Å². The van der Waals surface area contributed by atoms with E-state index in [4.69, 9.17) is 24.1 Å². The van der Waals surface area contributed by atoms with E-state index in [1.54, 1.807) is 13.3 Å². The molecule has 1 amide bonds. The smallest absolute Gasteiger partial charge is 0.475 e. The van der Waals surface area contributed by atoms with E-state index in [9.17, 15) is 18.0 Å². The Kier molecular flexibility index (Phi) is 8.21. The van der Waals surface area contributed by atoms with E-state index in [0.29, 0.717) is 32.1 Å². The molecule has 2 aliphatic rings. The Bertz CT molecular complexity index is 673. The molecule has 0 bridgehead atoms. The molecule has 29 heavy (non-hydrogen) atoms. The number of aliphatic carboxylic acids is 1. The van der Waals surface area contributed by atoms with Gasteiger partial charge in [-0.25, -0.2) is 9.78 Å². The molecule has 2 saturated heterocycles. The van der Waals surface area contributed by atoms with Crippen molar-refractivity contribution < 1.29 is 42.1 Å². The highest BCUT2D eigenvalue weighted by molar-refractivity contribution is 5.77. The minimum absolute atomic E-state index is 0.0473. The van der Waals surface area contributed by atoms with E-state index in [2.05, 4.69) is 4.98 Å². The molecular weight excluding hydrogens is 397 g/mol. The van der Waals surface area contributed by atoms with E-state index in [-0.39, 0.29) is 24.2 Å². The lowest BCUT2D eigenvalue weighted by Crippen LogP contribution is -2.56. The molecule has 162 valence electrons. The van der Waals surface area contributed by atoms with Gasteiger partial charge in [0.05, 0.1) is 19.1 Å². The number of rotatable bonds is 5. The van der Waals surface area contributed by atoms with Crippen LogP contribution in [0, 0.1) is 0 Å². The zero-order valence-electron chi connectivity index (χ0n) is 15.8. The summed E-state index contributed by atoms with van der Waals surface area (Å²) in [6, 6.07) is 5.71. The van der Waals surface area contributed by atoms with Crippen LogP contribution < -0.4 is 4.74 Å². The molecule has 0 saturated carbocycles. The van der Waals surface area contributed by atoms with Crippen LogP contribution in [0.4, 0.5) is 13.2 Å². The van der Waals surface area contributed by atoms with E-state index >= 15 is 0 Å². The zero-order chi connectivity index (χ0) is 21.4. The number of fused-ring (bicyclic) bond motifs is 1. The van der Waals surface area contributed by atoms with Crippen molar-refractivity contribution >= 4 is 11.9 Å². The SMILES string of the molecule is COCCC(=O)N1CC[C@@H](Oc2ccccn2)[C@H]2OCC[C@@H]21.O=C(O)C(F)(F)F. The highest BCUT2D eigenvalue weighted by Gasteiger charge is 2.45. The second kappa shape index (κ2) is 10.4. The summed E-state index contributed by atoms with van der Waals surface area (Å²) in [7, 11) is 1.61. The molecule has 2 aliphatic heterocycles. The second-order valence-corrected chi connectivity index (χ2v) is 6.44. The van der Waals surface area contributed by atoms with Gasteiger partial charge in [-0.3, -0.25) is 4.79 Å². The summed E-state index contributed by atoms with van der Waals surface area (Å²) < 4.78 is 48.6. The summed E-state index contributed by atoms with van der Waals surface area (Å²) in [4.78, 5) is 27.3. The Morgan fingerprint density at radius 3 is 2.66 bits per heavy atom. The summed E-state index contributed by atoms with van der Waals surface area (Å²) in [6.45, 7) is 1.83. The molecule has 11 heteroatoms. The summed E-state index contributed by atoms with van der Waals surface area (Å²) in [5, 5.41) is 7.12. The number of carboxylic acid groups (broad SMARTS) is 1. The topological polar surface area (TPSA) is 98.2 Å². The number of carbonyl (C=O) groups is 2. The van der Waals surface area contributed by atoms with Gasteiger partial charge in [0.1, 0.15) is 12.2 Å². The molecule has 3 rings (SSSR count). The number of likely N-dealkylation sites (tertiary alicyclic amines) is 1. The normalized spacial score (nSPS) is 23.6. The molecular formula is C18H23F3N2O6. The highest BCUT2D eigenvalue weighted by Crippen LogP contribution is 2.31. The first-order valence-corrected chi connectivity index (χ1v) is 9.02. The molecule has 1 aromatic rings. The first kappa shape index (κ1) is 22.9. The fourth-order valence-electron chi connectivity index (χ4n) is 3.23. The Balaban J connectivity index is 0.000000370. The molecule has 2 fully saturated rings. The standard InChI is InChI=1S/C16H22N2O4.C2HF3O2/c1-20-10-7-15(19)18-9-5-13(16-12(18)6-11-21-16)22-14-4-2-3-8-17-14;3-2(4,5)1(6)7/h2-4,8,12-13,16H,5-7,9-11H2,1H3;(H,6,7)/t12-,13+,16-;/m0./s1.